The third kappa shape index (κ3) is 6.13. The van der Waals surface area contributed by atoms with Crippen LogP contribution in [0, 0.1) is 23.2 Å². The maximum atomic E-state index is 14.3. The Balaban J connectivity index is 1.01. The van der Waals surface area contributed by atoms with Crippen LogP contribution >= 0.6 is 0 Å². The molecule has 5 atom stereocenters. The molecule has 8 rings (SSSR count). The van der Waals surface area contributed by atoms with Gasteiger partial charge in [-0.15, -0.1) is 0 Å². The van der Waals surface area contributed by atoms with E-state index in [1.165, 1.54) is 0 Å². The molecule has 2 amide bonds. The van der Waals surface area contributed by atoms with Crippen molar-refractivity contribution in [1.29, 1.82) is 0 Å². The van der Waals surface area contributed by atoms with Gasteiger partial charge < -0.3 is 19.1 Å². The molecular weight excluding hydrogens is 636 g/mol. The Labute approximate surface area is 281 Å². The number of carbonyl (C=O) groups is 4. The first-order chi connectivity index (χ1) is 23.1. The van der Waals surface area contributed by atoms with Crippen LogP contribution in [0.4, 0.5) is 4.79 Å². The average molecular weight is 681 g/mol. The van der Waals surface area contributed by atoms with E-state index in [1.807, 2.05) is 23.1 Å². The summed E-state index contributed by atoms with van der Waals surface area (Å²) in [6, 6.07) is 3.96. The Morgan fingerprint density at radius 1 is 0.938 bits per heavy atom. The molecule has 258 valence electrons. The number of allylic oxidation sites excluding steroid dienone is 2. The molecule has 4 saturated carbocycles. The summed E-state index contributed by atoms with van der Waals surface area (Å²) >= 11 is 0. The molecule has 11 nitrogen and oxygen atoms in total. The summed E-state index contributed by atoms with van der Waals surface area (Å²) in [5.74, 6) is -1.39. The number of amides is 2. The van der Waals surface area contributed by atoms with E-state index in [0.29, 0.717) is 50.4 Å². The number of ketones is 2. The van der Waals surface area contributed by atoms with Gasteiger partial charge in [0.2, 0.25) is 12.7 Å². The minimum atomic E-state index is -3.54. The monoisotopic (exact) mass is 680 g/mol. The second-order valence-corrected chi connectivity index (χ2v) is 17.4. The Bertz CT molecular complexity index is 1630. The average Bonchev–Trinajstić information content (AvgIpc) is 4.01. The second kappa shape index (κ2) is 12.2. The molecule has 0 bridgehead atoms. The van der Waals surface area contributed by atoms with Crippen molar-refractivity contribution >= 4 is 33.4 Å². The Hall–Kier alpha value is -3.41. The minimum Gasteiger partial charge on any atom is -0.454 e. The summed E-state index contributed by atoms with van der Waals surface area (Å²) in [4.78, 5) is 59.3. The van der Waals surface area contributed by atoms with Gasteiger partial charge in [0, 0.05) is 43.4 Å². The maximum Gasteiger partial charge on any atom is 0.410 e. The van der Waals surface area contributed by atoms with Crippen LogP contribution in [0.2, 0.25) is 0 Å². The largest absolute Gasteiger partial charge is 0.454 e. The standard InChI is InChI=1S/C36H44N2O9S/c39-30-17-36(33(40)20-48(43,44)27-9-10-27)16-24(36)6-4-2-1-3-5-11-38(25-7-8-25)34(41)29-15-26(14-28(29)30)47-35(42)37-18-22-12-31-32(46-21-45-31)13-23(22)19-37/h4,6,12-13,24-29H,1-3,5,7-11,14-21H2/b6-4-/t24-,26-,28-,29?,36-/m1/s1. The molecule has 3 heterocycles. The van der Waals surface area contributed by atoms with Crippen LogP contribution in [-0.2, 0) is 42.0 Å². The molecular formula is C36H44N2O9S. The molecule has 3 aliphatic heterocycles. The zero-order valence-electron chi connectivity index (χ0n) is 27.3. The summed E-state index contributed by atoms with van der Waals surface area (Å²) in [5.41, 5.74) is 0.871. The van der Waals surface area contributed by atoms with Crippen molar-refractivity contribution in [2.45, 2.75) is 108 Å². The summed E-state index contributed by atoms with van der Waals surface area (Å²) in [7, 11) is -3.54. The van der Waals surface area contributed by atoms with Crippen LogP contribution in [0.25, 0.3) is 0 Å². The molecule has 48 heavy (non-hydrogen) atoms. The lowest BCUT2D eigenvalue weighted by Gasteiger charge is -2.28. The van der Waals surface area contributed by atoms with Gasteiger partial charge in [-0.25, -0.2) is 13.2 Å². The normalized spacial score (nSPS) is 32.5. The Kier molecular flexibility index (Phi) is 8.07. The first kappa shape index (κ1) is 31.8. The number of nitrogens with zero attached hydrogens (tertiary/aromatic N) is 2. The van der Waals surface area contributed by atoms with Crippen molar-refractivity contribution in [3.05, 3.63) is 35.4 Å². The number of Topliss-reactive ketones (excluding diaryl/α,β-unsaturated/α-hetero) is 2. The lowest BCUT2D eigenvalue weighted by molar-refractivity contribution is -0.141. The zero-order valence-corrected chi connectivity index (χ0v) is 28.1. The molecule has 4 fully saturated rings. The molecule has 0 aromatic heterocycles. The molecule has 0 N–H and O–H groups in total. The smallest absolute Gasteiger partial charge is 0.410 e. The van der Waals surface area contributed by atoms with Gasteiger partial charge in [-0.2, -0.15) is 0 Å². The van der Waals surface area contributed by atoms with Crippen molar-refractivity contribution in [2.75, 3.05) is 19.1 Å². The SMILES string of the molecule is O=C1C[C@]2(C(=O)CS(=O)(=O)C3CC3)C[C@H]2/C=C\CCCCCN(C2CC2)C(=O)C2C[C@H](OC(=O)N3Cc4cc5c(cc4C3)OCO5)C[C@@H]12. The van der Waals surface area contributed by atoms with Gasteiger partial charge in [-0.3, -0.25) is 19.3 Å². The highest BCUT2D eigenvalue weighted by Gasteiger charge is 2.61. The van der Waals surface area contributed by atoms with Crippen LogP contribution < -0.4 is 9.47 Å². The summed E-state index contributed by atoms with van der Waals surface area (Å²) in [6.45, 7) is 1.54. The van der Waals surface area contributed by atoms with Crippen LogP contribution in [-0.4, -0.2) is 78.3 Å². The van der Waals surface area contributed by atoms with Crippen LogP contribution in [0.1, 0.15) is 88.2 Å². The fraction of sp³-hybridized carbons (Fsp3) is 0.667. The molecule has 1 unspecified atom stereocenters. The van der Waals surface area contributed by atoms with Gasteiger partial charge >= 0.3 is 6.09 Å². The topological polar surface area (TPSA) is 137 Å². The zero-order chi connectivity index (χ0) is 33.2. The van der Waals surface area contributed by atoms with E-state index in [-0.39, 0.29) is 55.5 Å². The summed E-state index contributed by atoms with van der Waals surface area (Å²) < 4.78 is 42.7. The van der Waals surface area contributed by atoms with E-state index < -0.39 is 50.3 Å². The van der Waals surface area contributed by atoms with Crippen molar-refractivity contribution < 1.29 is 41.8 Å². The number of benzene rings is 1. The number of ether oxygens (including phenoxy) is 3. The van der Waals surface area contributed by atoms with E-state index in [9.17, 15) is 27.6 Å². The maximum absolute atomic E-state index is 14.3. The lowest BCUT2D eigenvalue weighted by Crippen LogP contribution is -2.42. The predicted octanol–water partition coefficient (Wildman–Crippen LogP) is 4.50. The van der Waals surface area contributed by atoms with E-state index in [2.05, 4.69) is 6.08 Å². The van der Waals surface area contributed by atoms with Crippen molar-refractivity contribution in [1.82, 2.24) is 9.80 Å². The second-order valence-electron chi connectivity index (χ2n) is 15.1. The number of hydrogen-bond donors (Lipinski definition) is 0. The van der Waals surface area contributed by atoms with Crippen LogP contribution in [0.3, 0.4) is 0 Å². The van der Waals surface area contributed by atoms with Crippen molar-refractivity contribution in [2.24, 2.45) is 23.2 Å². The summed E-state index contributed by atoms with van der Waals surface area (Å²) in [5, 5.41) is -0.449. The molecule has 7 aliphatic rings. The van der Waals surface area contributed by atoms with Crippen LogP contribution in [0.15, 0.2) is 24.3 Å². The van der Waals surface area contributed by atoms with Crippen molar-refractivity contribution in [3.8, 4) is 11.5 Å². The molecule has 0 spiro atoms. The predicted molar refractivity (Wildman–Crippen MR) is 173 cm³/mol. The van der Waals surface area contributed by atoms with Crippen LogP contribution in [0.5, 0.6) is 11.5 Å². The van der Waals surface area contributed by atoms with E-state index >= 15 is 0 Å². The fourth-order valence-corrected chi connectivity index (χ4v) is 10.2. The lowest BCUT2D eigenvalue weighted by atomic mass is 9.82. The third-order valence-corrected chi connectivity index (χ3v) is 13.8. The number of rotatable bonds is 6. The van der Waals surface area contributed by atoms with Gasteiger partial charge in [-0.05, 0) is 93.4 Å². The van der Waals surface area contributed by atoms with Gasteiger partial charge in [0.05, 0.1) is 11.2 Å². The number of hydrogen-bond acceptors (Lipinski definition) is 9. The minimum absolute atomic E-state index is 0.0606. The molecule has 12 heteroatoms. The molecule has 0 saturated heterocycles. The Morgan fingerprint density at radius 3 is 2.33 bits per heavy atom. The fourth-order valence-electron chi connectivity index (χ4n) is 8.43. The van der Waals surface area contributed by atoms with E-state index in [0.717, 1.165) is 49.7 Å². The first-order valence-corrected chi connectivity index (χ1v) is 19.4. The first-order valence-electron chi connectivity index (χ1n) is 17.7. The van der Waals surface area contributed by atoms with Gasteiger partial charge in [0.1, 0.15) is 17.6 Å². The highest BCUT2D eigenvalue weighted by molar-refractivity contribution is 7.93. The number of fused-ring (bicyclic) bond motifs is 4. The quantitative estimate of drug-likeness (QED) is 0.398. The molecule has 0 radical (unpaired) electrons. The molecule has 1 aromatic rings. The van der Waals surface area contributed by atoms with Gasteiger partial charge in [-0.1, -0.05) is 18.6 Å². The van der Waals surface area contributed by atoms with E-state index in [4.69, 9.17) is 14.2 Å². The molecule has 4 aliphatic carbocycles. The number of carbonyl (C=O) groups excluding carboxylic acids is 4. The Morgan fingerprint density at radius 2 is 1.65 bits per heavy atom. The van der Waals surface area contributed by atoms with Gasteiger partial charge in [0.25, 0.3) is 0 Å². The van der Waals surface area contributed by atoms with Gasteiger partial charge in [0.15, 0.2) is 27.1 Å². The highest BCUT2D eigenvalue weighted by atomic mass is 32.2. The third-order valence-electron chi connectivity index (χ3n) is 11.6. The van der Waals surface area contributed by atoms with Crippen molar-refractivity contribution in [3.63, 3.8) is 0 Å². The van der Waals surface area contributed by atoms with E-state index in [1.54, 1.807) is 4.90 Å². The molecule has 1 aromatic carbocycles. The summed E-state index contributed by atoms with van der Waals surface area (Å²) in [6.07, 6.45) is 10.5. The highest BCUT2D eigenvalue weighted by Crippen LogP contribution is 2.58. The number of sulfone groups is 1.